The molecule has 0 amide bonds. The van der Waals surface area contributed by atoms with Gasteiger partial charge in [-0.3, -0.25) is 16.0 Å². The van der Waals surface area contributed by atoms with E-state index >= 15 is 0 Å². The molecule has 2 heterocycles. The van der Waals surface area contributed by atoms with E-state index in [-0.39, 0.29) is 11.8 Å². The zero-order valence-corrected chi connectivity index (χ0v) is 14.9. The summed E-state index contributed by atoms with van der Waals surface area (Å²) < 4.78 is 27.3. The fraction of sp³-hybridized carbons (Fsp3) is 0.769. The Labute approximate surface area is 134 Å². The maximum absolute atomic E-state index is 12.3. The van der Waals surface area contributed by atoms with Crippen LogP contribution in [0.15, 0.2) is 4.47 Å². The van der Waals surface area contributed by atoms with Crippen molar-refractivity contribution in [3.63, 3.8) is 0 Å². The second-order valence-corrected chi connectivity index (χ2v) is 8.70. The molecule has 6 nitrogen and oxygen atoms in total. The number of rotatable bonds is 5. The average Bonchev–Trinajstić information content (AvgIpc) is 2.71. The molecule has 0 spiro atoms. The van der Waals surface area contributed by atoms with Gasteiger partial charge in [-0.15, -0.1) is 0 Å². The van der Waals surface area contributed by atoms with Crippen LogP contribution in [-0.2, 0) is 29.7 Å². The van der Waals surface area contributed by atoms with E-state index in [1.54, 1.807) is 0 Å². The van der Waals surface area contributed by atoms with Crippen molar-refractivity contribution >= 4 is 25.8 Å². The lowest BCUT2D eigenvalue weighted by Gasteiger charge is -2.29. The van der Waals surface area contributed by atoms with Crippen LogP contribution in [0.3, 0.4) is 0 Å². The van der Waals surface area contributed by atoms with Crippen LogP contribution in [0.25, 0.3) is 0 Å². The number of hydrogen-bond acceptors (Lipinski definition) is 5. The van der Waals surface area contributed by atoms with Crippen LogP contribution in [0, 0.1) is 0 Å². The minimum Gasteiger partial charge on any atom is -0.271 e. The van der Waals surface area contributed by atoms with Gasteiger partial charge in [0.2, 0.25) is 0 Å². The number of nitrogens with one attached hydrogen (secondary N) is 1. The van der Waals surface area contributed by atoms with Crippen molar-refractivity contribution in [2.45, 2.75) is 50.3 Å². The molecule has 1 aliphatic heterocycles. The van der Waals surface area contributed by atoms with Crippen LogP contribution < -0.4 is 11.3 Å². The van der Waals surface area contributed by atoms with E-state index in [0.29, 0.717) is 12.8 Å². The van der Waals surface area contributed by atoms with Gasteiger partial charge < -0.3 is 0 Å². The molecule has 0 bridgehead atoms. The number of halogens is 1. The van der Waals surface area contributed by atoms with Crippen LogP contribution in [0.4, 0.5) is 0 Å². The van der Waals surface area contributed by atoms with E-state index in [1.807, 2.05) is 18.7 Å². The summed E-state index contributed by atoms with van der Waals surface area (Å²) >= 11 is 3.57. The molecule has 0 saturated carbocycles. The molecule has 0 radical (unpaired) electrons. The topological polar surface area (TPSA) is 90.0 Å². The first-order valence-corrected chi connectivity index (χ1v) is 9.79. The molecule has 8 heteroatoms. The van der Waals surface area contributed by atoms with E-state index in [9.17, 15) is 8.42 Å². The van der Waals surface area contributed by atoms with Gasteiger partial charge in [0.25, 0.3) is 0 Å². The van der Waals surface area contributed by atoms with Gasteiger partial charge in [-0.25, -0.2) is 8.42 Å². The maximum atomic E-state index is 12.3. The predicted molar refractivity (Wildman–Crippen MR) is 86.5 cm³/mol. The first kappa shape index (κ1) is 16.9. The SMILES string of the molecule is CCc1nn(C)c(CC(NN)C2CCCCS2(=O)=O)c1Br. The highest BCUT2D eigenvalue weighted by atomic mass is 79.9. The smallest absolute Gasteiger partial charge is 0.154 e. The fourth-order valence-electron chi connectivity index (χ4n) is 2.98. The first-order valence-electron chi connectivity index (χ1n) is 7.28. The Bertz CT molecular complexity index is 600. The quantitative estimate of drug-likeness (QED) is 0.591. The summed E-state index contributed by atoms with van der Waals surface area (Å²) in [6.07, 6.45) is 3.75. The van der Waals surface area contributed by atoms with Crippen molar-refractivity contribution in [3.05, 3.63) is 15.9 Å². The van der Waals surface area contributed by atoms with Gasteiger partial charge in [0, 0.05) is 19.5 Å². The lowest BCUT2D eigenvalue weighted by molar-refractivity contribution is 0.433. The lowest BCUT2D eigenvalue weighted by atomic mass is 10.0. The summed E-state index contributed by atoms with van der Waals surface area (Å²) in [4.78, 5) is 0. The molecule has 0 aliphatic carbocycles. The number of aromatic nitrogens is 2. The van der Waals surface area contributed by atoms with Crippen molar-refractivity contribution in [2.75, 3.05) is 5.75 Å². The van der Waals surface area contributed by atoms with Crippen molar-refractivity contribution in [1.82, 2.24) is 15.2 Å². The Morgan fingerprint density at radius 1 is 1.52 bits per heavy atom. The number of sulfone groups is 1. The highest BCUT2D eigenvalue weighted by Gasteiger charge is 2.36. The molecule has 1 aromatic rings. The molecular formula is C13H23BrN4O2S. The van der Waals surface area contributed by atoms with Gasteiger partial charge in [-0.1, -0.05) is 13.3 Å². The van der Waals surface area contributed by atoms with E-state index in [1.165, 1.54) is 0 Å². The minimum absolute atomic E-state index is 0.266. The summed E-state index contributed by atoms with van der Waals surface area (Å²) in [6, 6.07) is -0.285. The van der Waals surface area contributed by atoms with Crippen LogP contribution in [0.2, 0.25) is 0 Å². The van der Waals surface area contributed by atoms with Gasteiger partial charge in [0.1, 0.15) is 0 Å². The summed E-state index contributed by atoms with van der Waals surface area (Å²) in [5.74, 6) is 5.92. The van der Waals surface area contributed by atoms with Crippen LogP contribution in [0.5, 0.6) is 0 Å². The summed E-state index contributed by atoms with van der Waals surface area (Å²) in [6.45, 7) is 2.04. The Morgan fingerprint density at radius 3 is 2.76 bits per heavy atom. The molecule has 3 N–H and O–H groups in total. The molecule has 1 saturated heterocycles. The Kier molecular flexibility index (Phi) is 5.45. The van der Waals surface area contributed by atoms with Gasteiger partial charge >= 0.3 is 0 Å². The summed E-state index contributed by atoms with van der Waals surface area (Å²) in [5, 5.41) is 4.04. The summed E-state index contributed by atoms with van der Waals surface area (Å²) in [5.41, 5.74) is 4.68. The van der Waals surface area contributed by atoms with E-state index in [4.69, 9.17) is 5.84 Å². The molecule has 2 atom stereocenters. The Morgan fingerprint density at radius 2 is 2.24 bits per heavy atom. The van der Waals surface area contributed by atoms with Crippen LogP contribution in [-0.4, -0.2) is 35.2 Å². The molecule has 2 unspecified atom stereocenters. The average molecular weight is 379 g/mol. The Hall–Kier alpha value is -0.440. The number of hydrazine groups is 1. The molecule has 1 aliphatic rings. The third-order valence-corrected chi connectivity index (χ3v) is 7.47. The molecule has 1 aromatic heterocycles. The van der Waals surface area contributed by atoms with E-state index < -0.39 is 15.1 Å². The van der Waals surface area contributed by atoms with E-state index in [2.05, 4.69) is 26.5 Å². The van der Waals surface area contributed by atoms with Gasteiger partial charge in [0.15, 0.2) is 9.84 Å². The molecule has 2 rings (SSSR count). The van der Waals surface area contributed by atoms with Crippen LogP contribution >= 0.6 is 15.9 Å². The first-order chi connectivity index (χ1) is 9.90. The molecule has 120 valence electrons. The fourth-order valence-corrected chi connectivity index (χ4v) is 5.87. The zero-order valence-electron chi connectivity index (χ0n) is 12.5. The minimum atomic E-state index is -3.07. The normalized spacial score (nSPS) is 23.1. The molecule has 1 fully saturated rings. The number of nitrogens with zero attached hydrogens (tertiary/aromatic N) is 2. The zero-order chi connectivity index (χ0) is 15.6. The van der Waals surface area contributed by atoms with Gasteiger partial charge in [0.05, 0.1) is 26.9 Å². The molecule has 0 aromatic carbocycles. The third kappa shape index (κ3) is 3.49. The third-order valence-electron chi connectivity index (χ3n) is 4.21. The van der Waals surface area contributed by atoms with Crippen molar-refractivity contribution in [3.8, 4) is 0 Å². The maximum Gasteiger partial charge on any atom is 0.154 e. The Balaban J connectivity index is 2.25. The van der Waals surface area contributed by atoms with Crippen molar-refractivity contribution in [1.29, 1.82) is 0 Å². The lowest BCUT2D eigenvalue weighted by Crippen LogP contribution is -2.50. The number of nitrogens with two attached hydrogens (primary N) is 1. The standard InChI is InChI=1S/C13H23BrN4O2S/c1-3-9-13(14)11(18(2)17-9)8-10(16-15)12-6-4-5-7-21(12,19)20/h10,12,16H,3-8,15H2,1-2H3. The predicted octanol–water partition coefficient (Wildman–Crippen LogP) is 1.09. The van der Waals surface area contributed by atoms with Crippen molar-refractivity contribution in [2.24, 2.45) is 12.9 Å². The highest BCUT2D eigenvalue weighted by molar-refractivity contribution is 9.10. The second-order valence-electron chi connectivity index (χ2n) is 5.56. The molecule has 21 heavy (non-hydrogen) atoms. The molecular weight excluding hydrogens is 356 g/mol. The van der Waals surface area contributed by atoms with Gasteiger partial charge in [-0.2, -0.15) is 5.10 Å². The highest BCUT2D eigenvalue weighted by Crippen LogP contribution is 2.27. The van der Waals surface area contributed by atoms with Crippen LogP contribution in [0.1, 0.15) is 37.6 Å². The number of hydrogen-bond donors (Lipinski definition) is 2. The summed E-state index contributed by atoms with van der Waals surface area (Å²) in [7, 11) is -1.19. The largest absolute Gasteiger partial charge is 0.271 e. The monoisotopic (exact) mass is 378 g/mol. The number of aryl methyl sites for hydroxylation is 2. The second kappa shape index (κ2) is 6.76. The van der Waals surface area contributed by atoms with Gasteiger partial charge in [-0.05, 0) is 35.2 Å². The van der Waals surface area contributed by atoms with Crippen molar-refractivity contribution < 1.29 is 8.42 Å². The van der Waals surface area contributed by atoms with E-state index in [0.717, 1.165) is 35.1 Å².